The number of carbonyl (C=O) groups is 3. The fourth-order valence-electron chi connectivity index (χ4n) is 3.38. The zero-order valence-corrected chi connectivity index (χ0v) is 20.7. The summed E-state index contributed by atoms with van der Waals surface area (Å²) in [6.45, 7) is 11.6. The van der Waals surface area contributed by atoms with Crippen LogP contribution in [0.3, 0.4) is 0 Å². The van der Waals surface area contributed by atoms with E-state index in [1.54, 1.807) is 25.7 Å². The van der Waals surface area contributed by atoms with Gasteiger partial charge < -0.3 is 19.7 Å². The van der Waals surface area contributed by atoms with E-state index in [1.165, 1.54) is 19.2 Å². The van der Waals surface area contributed by atoms with Gasteiger partial charge in [-0.05, 0) is 32.9 Å². The van der Waals surface area contributed by atoms with Crippen LogP contribution in [-0.4, -0.2) is 57.8 Å². The predicted molar refractivity (Wildman–Crippen MR) is 123 cm³/mol. The summed E-state index contributed by atoms with van der Waals surface area (Å²) in [6, 6.07) is 2.75. The Bertz CT molecular complexity index is 972. The first-order chi connectivity index (χ1) is 14.7. The van der Waals surface area contributed by atoms with Gasteiger partial charge in [0.15, 0.2) is 11.8 Å². The highest BCUT2D eigenvalue weighted by Gasteiger charge is 2.48. The predicted octanol–water partition coefficient (Wildman–Crippen LogP) is 3.51. The maximum Gasteiger partial charge on any atom is 0.408 e. The van der Waals surface area contributed by atoms with E-state index in [0.717, 1.165) is 0 Å². The number of anilines is 1. The zero-order valence-electron chi connectivity index (χ0n) is 19.7. The fraction of sp³-hybridized carbons (Fsp3) is 0.522. The van der Waals surface area contributed by atoms with Gasteiger partial charge in [0.05, 0.1) is 24.8 Å². The highest BCUT2D eigenvalue weighted by molar-refractivity contribution is 6.83. The number of alkyl carbamates (subject to hydrolysis) is 1. The molecule has 9 heteroatoms. The van der Waals surface area contributed by atoms with Gasteiger partial charge in [-0.15, -0.1) is 5.54 Å². The normalized spacial score (nSPS) is 18.4. The summed E-state index contributed by atoms with van der Waals surface area (Å²) < 4.78 is 24.8. The second-order valence-electron chi connectivity index (χ2n) is 9.85. The molecule has 1 atom stereocenters. The van der Waals surface area contributed by atoms with E-state index >= 15 is 0 Å². The van der Waals surface area contributed by atoms with Crippen molar-refractivity contribution >= 4 is 32.1 Å². The number of rotatable bonds is 4. The standard InChI is InChI=1S/C23H31FN2O5Si/c1-22(2,3)31-21(29)25-23(20(28)30-4)11-12-26(15-23)19-9-8-18(24)16(17(19)14-27)10-13-32(5,6)7/h8-9,14H,11-12,15H2,1-7H3,(H,25,29). The van der Waals surface area contributed by atoms with E-state index in [4.69, 9.17) is 9.47 Å². The molecule has 2 rings (SSSR count). The summed E-state index contributed by atoms with van der Waals surface area (Å²) in [4.78, 5) is 38.7. The lowest BCUT2D eigenvalue weighted by molar-refractivity contribution is -0.147. The van der Waals surface area contributed by atoms with Crippen LogP contribution < -0.4 is 10.2 Å². The maximum absolute atomic E-state index is 14.5. The van der Waals surface area contributed by atoms with Crippen LogP contribution >= 0.6 is 0 Å². The third-order valence-electron chi connectivity index (χ3n) is 4.78. The number of hydrogen-bond donors (Lipinski definition) is 1. The first-order valence-electron chi connectivity index (χ1n) is 10.4. The molecular weight excluding hydrogens is 431 g/mol. The number of ether oxygens (including phenoxy) is 2. The SMILES string of the molecule is COC(=O)C1(NC(=O)OC(C)(C)C)CCN(c2ccc(F)c(C#C[Si](C)(C)C)c2C=O)C1. The molecule has 0 aromatic heterocycles. The van der Waals surface area contributed by atoms with Crippen molar-refractivity contribution in [2.45, 2.75) is 58.0 Å². The minimum Gasteiger partial charge on any atom is -0.467 e. The number of nitrogens with zero attached hydrogens (tertiary/aromatic N) is 1. The number of halogens is 1. The molecule has 0 saturated carbocycles. The zero-order chi connectivity index (χ0) is 24.3. The van der Waals surface area contributed by atoms with Crippen molar-refractivity contribution in [1.82, 2.24) is 5.32 Å². The monoisotopic (exact) mass is 462 g/mol. The third-order valence-corrected chi connectivity index (χ3v) is 5.65. The topological polar surface area (TPSA) is 84.9 Å². The Kier molecular flexibility index (Phi) is 7.40. The van der Waals surface area contributed by atoms with Gasteiger partial charge in [-0.2, -0.15) is 0 Å². The van der Waals surface area contributed by atoms with Crippen LogP contribution in [0.25, 0.3) is 0 Å². The molecule has 1 unspecified atom stereocenters. The van der Waals surface area contributed by atoms with Gasteiger partial charge in [0.2, 0.25) is 0 Å². The summed E-state index contributed by atoms with van der Waals surface area (Å²) >= 11 is 0. The van der Waals surface area contributed by atoms with Crippen molar-refractivity contribution in [3.8, 4) is 11.5 Å². The summed E-state index contributed by atoms with van der Waals surface area (Å²) in [7, 11) is -0.570. The van der Waals surface area contributed by atoms with E-state index in [-0.39, 0.29) is 24.1 Å². The molecule has 7 nitrogen and oxygen atoms in total. The Balaban J connectivity index is 2.43. The van der Waals surface area contributed by atoms with Crippen molar-refractivity contribution in [2.75, 3.05) is 25.1 Å². The molecule has 1 aromatic rings. The molecule has 1 fully saturated rings. The van der Waals surface area contributed by atoms with Crippen LogP contribution in [0.5, 0.6) is 0 Å². The maximum atomic E-state index is 14.5. The first-order valence-corrected chi connectivity index (χ1v) is 13.9. The quantitative estimate of drug-likeness (QED) is 0.319. The Morgan fingerprint density at radius 2 is 1.94 bits per heavy atom. The molecule has 1 aliphatic heterocycles. The molecule has 1 heterocycles. The molecule has 0 spiro atoms. The highest BCUT2D eigenvalue weighted by atomic mass is 28.3. The van der Waals surface area contributed by atoms with E-state index in [2.05, 4.69) is 16.8 Å². The number of nitrogens with one attached hydrogen (secondary N) is 1. The van der Waals surface area contributed by atoms with Gasteiger partial charge in [-0.1, -0.05) is 25.6 Å². The molecular formula is C23H31FN2O5Si. The van der Waals surface area contributed by atoms with Crippen LogP contribution in [-0.2, 0) is 14.3 Å². The van der Waals surface area contributed by atoms with E-state index < -0.39 is 37.1 Å². The molecule has 0 radical (unpaired) electrons. The number of hydrogen-bond acceptors (Lipinski definition) is 6. The van der Waals surface area contributed by atoms with E-state index in [1.807, 2.05) is 19.6 Å². The molecule has 1 amide bonds. The van der Waals surface area contributed by atoms with Crippen LogP contribution in [0.4, 0.5) is 14.9 Å². The van der Waals surface area contributed by atoms with Crippen molar-refractivity contribution in [1.29, 1.82) is 0 Å². The molecule has 32 heavy (non-hydrogen) atoms. The molecule has 1 saturated heterocycles. The lowest BCUT2D eigenvalue weighted by Crippen LogP contribution is -2.57. The second kappa shape index (κ2) is 9.33. The molecule has 1 N–H and O–H groups in total. The molecule has 1 aliphatic rings. The summed E-state index contributed by atoms with van der Waals surface area (Å²) in [5.41, 5.74) is 1.58. The van der Waals surface area contributed by atoms with Crippen LogP contribution in [0.2, 0.25) is 19.6 Å². The molecule has 0 bridgehead atoms. The third kappa shape index (κ3) is 6.10. The fourth-order valence-corrected chi connectivity index (χ4v) is 3.88. The van der Waals surface area contributed by atoms with Crippen LogP contribution in [0.15, 0.2) is 12.1 Å². The minimum atomic E-state index is -1.81. The van der Waals surface area contributed by atoms with Crippen LogP contribution in [0, 0.1) is 17.3 Å². The Morgan fingerprint density at radius 3 is 2.47 bits per heavy atom. The van der Waals surface area contributed by atoms with Crippen molar-refractivity contribution in [3.63, 3.8) is 0 Å². The minimum absolute atomic E-state index is 0.0340. The van der Waals surface area contributed by atoms with Gasteiger partial charge >= 0.3 is 12.1 Å². The second-order valence-corrected chi connectivity index (χ2v) is 14.6. The number of aldehydes is 1. The number of amides is 1. The summed E-state index contributed by atoms with van der Waals surface area (Å²) in [5.74, 6) is 1.64. The highest BCUT2D eigenvalue weighted by Crippen LogP contribution is 2.32. The van der Waals surface area contributed by atoms with Gasteiger partial charge in [-0.25, -0.2) is 14.0 Å². The lowest BCUT2D eigenvalue weighted by atomic mass is 9.99. The van der Waals surface area contributed by atoms with E-state index in [0.29, 0.717) is 18.5 Å². The lowest BCUT2D eigenvalue weighted by Gasteiger charge is -2.30. The van der Waals surface area contributed by atoms with Crippen molar-refractivity contribution in [3.05, 3.63) is 29.1 Å². The van der Waals surface area contributed by atoms with Gasteiger partial charge in [0.1, 0.15) is 19.5 Å². The average molecular weight is 463 g/mol. The van der Waals surface area contributed by atoms with Crippen LogP contribution in [0.1, 0.15) is 43.1 Å². The summed E-state index contributed by atoms with van der Waals surface area (Å²) in [6.07, 6.45) is 0.0532. The number of benzene rings is 1. The first kappa shape index (κ1) is 25.4. The van der Waals surface area contributed by atoms with Crippen molar-refractivity contribution in [2.24, 2.45) is 0 Å². The van der Waals surface area contributed by atoms with Gasteiger partial charge in [-0.3, -0.25) is 4.79 Å². The summed E-state index contributed by atoms with van der Waals surface area (Å²) in [5, 5.41) is 2.65. The number of methoxy groups -OCH3 is 1. The van der Waals surface area contributed by atoms with Crippen molar-refractivity contribution < 1.29 is 28.2 Å². The number of esters is 1. The van der Waals surface area contributed by atoms with Gasteiger partial charge in [0, 0.05) is 18.7 Å². The Morgan fingerprint density at radius 1 is 1.28 bits per heavy atom. The number of carbonyl (C=O) groups excluding carboxylic acids is 3. The molecule has 1 aromatic carbocycles. The van der Waals surface area contributed by atoms with Gasteiger partial charge in [0.25, 0.3) is 0 Å². The average Bonchev–Trinajstić information content (AvgIpc) is 3.08. The Labute approximate surface area is 189 Å². The molecule has 174 valence electrons. The Hall–Kier alpha value is -2.86. The molecule has 0 aliphatic carbocycles. The smallest absolute Gasteiger partial charge is 0.408 e. The largest absolute Gasteiger partial charge is 0.467 e. The van der Waals surface area contributed by atoms with E-state index in [9.17, 15) is 18.8 Å².